The molecule has 10 heteroatoms. The van der Waals surface area contributed by atoms with Crippen molar-refractivity contribution < 1.29 is 35.8 Å². The first-order valence-electron chi connectivity index (χ1n) is 7.89. The van der Waals surface area contributed by atoms with E-state index in [0.29, 0.717) is 0 Å². The van der Waals surface area contributed by atoms with E-state index in [2.05, 4.69) is 14.5 Å². The summed E-state index contributed by atoms with van der Waals surface area (Å²) in [7, 11) is 0. The predicted molar refractivity (Wildman–Crippen MR) is 93.5 cm³/mol. The van der Waals surface area contributed by atoms with Crippen LogP contribution in [0.5, 0.6) is 11.5 Å². The molecule has 0 aliphatic heterocycles. The Labute approximate surface area is 165 Å². The monoisotopic (exact) mass is 433 g/mol. The third kappa shape index (κ3) is 5.11. The maximum Gasteiger partial charge on any atom is 0.573 e. The summed E-state index contributed by atoms with van der Waals surface area (Å²) in [5, 5.41) is -0.114. The van der Waals surface area contributed by atoms with Crippen molar-refractivity contribution in [3.05, 3.63) is 65.9 Å². The van der Waals surface area contributed by atoms with Crippen molar-refractivity contribution in [1.82, 2.24) is 4.98 Å². The second kappa shape index (κ2) is 7.82. The number of para-hydroxylation sites is 2. The number of halogens is 7. The molecule has 0 saturated carbocycles. The molecule has 0 fully saturated rings. The molecular formula is C19H10ClF6NO2. The summed E-state index contributed by atoms with van der Waals surface area (Å²) < 4.78 is 84.2. The Bertz CT molecular complexity index is 942. The van der Waals surface area contributed by atoms with Crippen LogP contribution in [0.1, 0.15) is 0 Å². The molecule has 0 aliphatic rings. The Morgan fingerprint density at radius 1 is 0.621 bits per heavy atom. The molecule has 0 atom stereocenters. The molecule has 0 bridgehead atoms. The van der Waals surface area contributed by atoms with E-state index in [1.165, 1.54) is 48.8 Å². The summed E-state index contributed by atoms with van der Waals surface area (Å²) in [5.41, 5.74) is 0.0356. The number of benzene rings is 2. The van der Waals surface area contributed by atoms with E-state index in [9.17, 15) is 26.3 Å². The van der Waals surface area contributed by atoms with E-state index in [1.54, 1.807) is 0 Å². The first-order valence-corrected chi connectivity index (χ1v) is 8.27. The van der Waals surface area contributed by atoms with Crippen molar-refractivity contribution in [2.45, 2.75) is 12.7 Å². The van der Waals surface area contributed by atoms with Gasteiger partial charge in [-0.15, -0.1) is 26.3 Å². The average Bonchev–Trinajstić information content (AvgIpc) is 2.61. The minimum absolute atomic E-state index is 0.0293. The number of rotatable bonds is 4. The van der Waals surface area contributed by atoms with Gasteiger partial charge in [-0.2, -0.15) is 0 Å². The molecule has 0 spiro atoms. The first kappa shape index (κ1) is 20.8. The van der Waals surface area contributed by atoms with E-state index in [0.717, 1.165) is 12.1 Å². The van der Waals surface area contributed by atoms with Crippen LogP contribution in [-0.4, -0.2) is 17.7 Å². The number of hydrogen-bond donors (Lipinski definition) is 0. The molecule has 0 radical (unpaired) electrons. The summed E-state index contributed by atoms with van der Waals surface area (Å²) in [5.74, 6) is -1.05. The highest BCUT2D eigenvalue weighted by Crippen LogP contribution is 2.43. The lowest BCUT2D eigenvalue weighted by molar-refractivity contribution is -0.275. The van der Waals surface area contributed by atoms with Crippen LogP contribution in [0.4, 0.5) is 26.3 Å². The van der Waals surface area contributed by atoms with Crippen LogP contribution in [0.3, 0.4) is 0 Å². The number of hydrogen-bond acceptors (Lipinski definition) is 3. The Balaban J connectivity index is 2.13. The zero-order valence-electron chi connectivity index (χ0n) is 14.2. The standard InChI is InChI=1S/C19H10ClF6NO2/c20-17-13(11-5-1-3-7-15(11)28-18(21,22)23)9-27-10-14(17)12-6-2-4-8-16(12)29-19(24,25)26/h1-10H. The zero-order chi connectivity index (χ0) is 21.2. The molecule has 0 unspecified atom stereocenters. The third-order valence-electron chi connectivity index (χ3n) is 3.69. The maximum absolute atomic E-state index is 12.7. The van der Waals surface area contributed by atoms with E-state index in [4.69, 9.17) is 11.6 Å². The zero-order valence-corrected chi connectivity index (χ0v) is 14.9. The van der Waals surface area contributed by atoms with Gasteiger partial charge >= 0.3 is 12.7 Å². The molecule has 3 aromatic rings. The first-order chi connectivity index (χ1) is 13.6. The molecule has 3 nitrogen and oxygen atoms in total. The summed E-state index contributed by atoms with van der Waals surface area (Å²) >= 11 is 6.35. The minimum atomic E-state index is -4.94. The summed E-state index contributed by atoms with van der Waals surface area (Å²) in [6.45, 7) is 0. The lowest BCUT2D eigenvalue weighted by atomic mass is 10.0. The molecule has 0 aliphatic carbocycles. The van der Waals surface area contributed by atoms with Crippen molar-refractivity contribution >= 4 is 11.6 Å². The molecule has 152 valence electrons. The average molecular weight is 434 g/mol. The molecular weight excluding hydrogens is 424 g/mol. The SMILES string of the molecule is FC(F)(F)Oc1ccccc1-c1cncc(-c2ccccc2OC(F)(F)F)c1Cl. The van der Waals surface area contributed by atoms with Crippen LogP contribution in [0, 0.1) is 0 Å². The number of nitrogens with zero attached hydrogens (tertiary/aromatic N) is 1. The van der Waals surface area contributed by atoms with Crippen molar-refractivity contribution in [2.75, 3.05) is 0 Å². The van der Waals surface area contributed by atoms with Crippen LogP contribution in [-0.2, 0) is 0 Å². The van der Waals surface area contributed by atoms with Crippen LogP contribution >= 0.6 is 11.6 Å². The van der Waals surface area contributed by atoms with Gasteiger partial charge in [-0.25, -0.2) is 0 Å². The second-order valence-corrected chi connectivity index (χ2v) is 6.01. The highest BCUT2D eigenvalue weighted by molar-refractivity contribution is 6.36. The van der Waals surface area contributed by atoms with Gasteiger partial charge in [-0.3, -0.25) is 4.98 Å². The van der Waals surface area contributed by atoms with Crippen molar-refractivity contribution in [3.63, 3.8) is 0 Å². The lowest BCUT2D eigenvalue weighted by Gasteiger charge is -2.17. The molecule has 3 rings (SSSR count). The van der Waals surface area contributed by atoms with Crippen LogP contribution < -0.4 is 9.47 Å². The number of pyridine rings is 1. The van der Waals surface area contributed by atoms with Gasteiger partial charge in [0, 0.05) is 34.6 Å². The fourth-order valence-corrected chi connectivity index (χ4v) is 2.93. The van der Waals surface area contributed by atoms with Crippen molar-refractivity contribution in [1.29, 1.82) is 0 Å². The van der Waals surface area contributed by atoms with Crippen LogP contribution in [0.2, 0.25) is 5.02 Å². The van der Waals surface area contributed by atoms with Gasteiger partial charge in [0.2, 0.25) is 0 Å². The molecule has 0 saturated heterocycles. The van der Waals surface area contributed by atoms with E-state index >= 15 is 0 Å². The quantitative estimate of drug-likeness (QED) is 0.421. The van der Waals surface area contributed by atoms with E-state index in [-0.39, 0.29) is 27.3 Å². The Morgan fingerprint density at radius 3 is 1.38 bits per heavy atom. The van der Waals surface area contributed by atoms with E-state index < -0.39 is 24.2 Å². The molecule has 0 N–H and O–H groups in total. The van der Waals surface area contributed by atoms with Crippen LogP contribution in [0.15, 0.2) is 60.9 Å². The second-order valence-electron chi connectivity index (χ2n) is 5.64. The summed E-state index contributed by atoms with van der Waals surface area (Å²) in [4.78, 5) is 3.92. The van der Waals surface area contributed by atoms with Gasteiger partial charge in [0.25, 0.3) is 0 Å². The van der Waals surface area contributed by atoms with Crippen LogP contribution in [0.25, 0.3) is 22.3 Å². The Morgan fingerprint density at radius 2 is 1.00 bits per heavy atom. The topological polar surface area (TPSA) is 31.4 Å². The molecule has 2 aromatic carbocycles. The number of aromatic nitrogens is 1. The number of ether oxygens (including phenoxy) is 2. The van der Waals surface area contributed by atoms with Gasteiger partial charge in [0.15, 0.2) is 0 Å². The molecule has 0 amide bonds. The highest BCUT2D eigenvalue weighted by atomic mass is 35.5. The highest BCUT2D eigenvalue weighted by Gasteiger charge is 2.33. The van der Waals surface area contributed by atoms with Crippen molar-refractivity contribution in [2.24, 2.45) is 0 Å². The molecule has 1 aromatic heterocycles. The van der Waals surface area contributed by atoms with Gasteiger partial charge < -0.3 is 9.47 Å². The predicted octanol–water partition coefficient (Wildman–Crippen LogP) is 6.87. The largest absolute Gasteiger partial charge is 0.573 e. The maximum atomic E-state index is 12.7. The summed E-state index contributed by atoms with van der Waals surface area (Å²) in [6.07, 6.45) is -7.50. The normalized spacial score (nSPS) is 12.0. The van der Waals surface area contributed by atoms with Gasteiger partial charge in [-0.05, 0) is 12.1 Å². The van der Waals surface area contributed by atoms with Gasteiger partial charge in [0.1, 0.15) is 11.5 Å². The Hall–Kier alpha value is -2.94. The van der Waals surface area contributed by atoms with E-state index in [1.807, 2.05) is 0 Å². The molecule has 29 heavy (non-hydrogen) atoms. The van der Waals surface area contributed by atoms with Gasteiger partial charge in [-0.1, -0.05) is 48.0 Å². The summed E-state index contributed by atoms with van der Waals surface area (Å²) in [6, 6.07) is 10.4. The van der Waals surface area contributed by atoms with Crippen molar-refractivity contribution in [3.8, 4) is 33.8 Å². The van der Waals surface area contributed by atoms with Gasteiger partial charge in [0.05, 0.1) is 5.02 Å². The molecule has 1 heterocycles. The minimum Gasteiger partial charge on any atom is -0.405 e. The lowest BCUT2D eigenvalue weighted by Crippen LogP contribution is -2.17. The number of alkyl halides is 6. The smallest absolute Gasteiger partial charge is 0.405 e. The Kier molecular flexibility index (Phi) is 5.61. The fraction of sp³-hybridized carbons (Fsp3) is 0.105. The third-order valence-corrected chi connectivity index (χ3v) is 4.09. The fourth-order valence-electron chi connectivity index (χ4n) is 2.63.